The second kappa shape index (κ2) is 3.71. The lowest BCUT2D eigenvalue weighted by molar-refractivity contribution is 0.0961. The molecule has 2 rings (SSSR count). The van der Waals surface area contributed by atoms with Crippen molar-refractivity contribution in [3.05, 3.63) is 48.5 Å². The number of rotatable bonds is 3. The van der Waals surface area contributed by atoms with Crippen LogP contribution in [0.3, 0.4) is 0 Å². The van der Waals surface area contributed by atoms with Crippen molar-refractivity contribution in [1.29, 1.82) is 0 Å². The molecule has 0 aliphatic carbocycles. The molecule has 1 aromatic heterocycles. The van der Waals surface area contributed by atoms with Crippen LogP contribution in [0.25, 0.3) is 0 Å². The molecule has 0 spiro atoms. The Kier molecular flexibility index (Phi) is 2.22. The summed E-state index contributed by atoms with van der Waals surface area (Å²) in [5, 5.41) is 7.24. The fourth-order valence-corrected chi connectivity index (χ4v) is 0.981. The van der Waals surface area contributed by atoms with Gasteiger partial charge in [0, 0.05) is 0 Å². The Labute approximate surface area is 75.7 Å². The van der Waals surface area contributed by atoms with E-state index in [1.165, 1.54) is 17.4 Å². The van der Waals surface area contributed by atoms with Crippen molar-refractivity contribution in [2.75, 3.05) is 0 Å². The molecule has 66 valence electrons. The van der Waals surface area contributed by atoms with E-state index < -0.39 is 0 Å². The zero-order valence-electron chi connectivity index (χ0n) is 7.00. The molecule has 1 aromatic carbocycles. The summed E-state index contributed by atoms with van der Waals surface area (Å²) < 4.78 is 1.48. The second-order valence-electron chi connectivity index (χ2n) is 2.58. The van der Waals surface area contributed by atoms with Crippen molar-refractivity contribution in [2.24, 2.45) is 0 Å². The smallest absolute Gasteiger partial charge is 0.156 e. The largest absolute Gasteiger partial charge is 0.407 e. The lowest BCUT2D eigenvalue weighted by Gasteiger charge is -2.03. The molecule has 0 amide bonds. The van der Waals surface area contributed by atoms with E-state index in [1.807, 2.05) is 30.3 Å². The molecule has 2 aromatic rings. The number of nitrogens with zero attached hydrogens (tertiary/aromatic N) is 3. The van der Waals surface area contributed by atoms with Crippen LogP contribution in [0.5, 0.6) is 0 Å². The Hall–Kier alpha value is -1.84. The molecule has 0 bridgehead atoms. The number of hydrogen-bond acceptors (Lipinski definition) is 3. The SMILES string of the molecule is c1ccc(COn2cnnc2)cc1. The van der Waals surface area contributed by atoms with Crippen LogP contribution in [-0.4, -0.2) is 14.9 Å². The van der Waals surface area contributed by atoms with Crippen molar-refractivity contribution in [3.63, 3.8) is 0 Å². The molecule has 0 saturated heterocycles. The Morgan fingerprint density at radius 3 is 2.46 bits per heavy atom. The Morgan fingerprint density at radius 2 is 1.77 bits per heavy atom. The predicted octanol–water partition coefficient (Wildman–Crippen LogP) is 0.907. The van der Waals surface area contributed by atoms with Crippen LogP contribution in [-0.2, 0) is 6.61 Å². The molecule has 0 atom stereocenters. The third-order valence-corrected chi connectivity index (χ3v) is 1.62. The van der Waals surface area contributed by atoms with Gasteiger partial charge in [0.1, 0.15) is 6.61 Å². The molecule has 4 nitrogen and oxygen atoms in total. The standard InChI is InChI=1S/C9H9N3O/c1-2-4-9(5-3-1)6-13-12-7-10-11-8-12/h1-5,7-8H,6H2. The Morgan fingerprint density at radius 1 is 1.08 bits per heavy atom. The molecule has 0 N–H and O–H groups in total. The molecular weight excluding hydrogens is 166 g/mol. The fourth-order valence-electron chi connectivity index (χ4n) is 0.981. The van der Waals surface area contributed by atoms with Crippen molar-refractivity contribution in [1.82, 2.24) is 14.9 Å². The minimum absolute atomic E-state index is 0.527. The highest BCUT2D eigenvalue weighted by Gasteiger charge is 1.92. The van der Waals surface area contributed by atoms with Crippen molar-refractivity contribution in [3.8, 4) is 0 Å². The average Bonchev–Trinajstić information content (AvgIpc) is 2.69. The first-order valence-corrected chi connectivity index (χ1v) is 3.97. The molecule has 0 unspecified atom stereocenters. The Bertz CT molecular complexity index is 344. The maximum Gasteiger partial charge on any atom is 0.156 e. The quantitative estimate of drug-likeness (QED) is 0.696. The van der Waals surface area contributed by atoms with Crippen LogP contribution >= 0.6 is 0 Å². The van der Waals surface area contributed by atoms with Gasteiger partial charge in [-0.25, -0.2) is 0 Å². The van der Waals surface area contributed by atoms with E-state index in [0.717, 1.165) is 5.56 Å². The molecular formula is C9H9N3O. The van der Waals surface area contributed by atoms with Gasteiger partial charge in [-0.05, 0) is 5.56 Å². The topological polar surface area (TPSA) is 39.9 Å². The van der Waals surface area contributed by atoms with Gasteiger partial charge in [-0.2, -0.15) is 4.73 Å². The van der Waals surface area contributed by atoms with Crippen LogP contribution in [0.4, 0.5) is 0 Å². The van der Waals surface area contributed by atoms with E-state index in [-0.39, 0.29) is 0 Å². The minimum atomic E-state index is 0.527. The van der Waals surface area contributed by atoms with Crippen LogP contribution in [0.15, 0.2) is 43.0 Å². The van der Waals surface area contributed by atoms with Gasteiger partial charge in [0.2, 0.25) is 0 Å². The third-order valence-electron chi connectivity index (χ3n) is 1.62. The summed E-state index contributed by atoms with van der Waals surface area (Å²) in [6.07, 6.45) is 3.03. The molecule has 0 aliphatic rings. The van der Waals surface area contributed by atoms with Gasteiger partial charge in [0.25, 0.3) is 0 Å². The molecule has 0 aliphatic heterocycles. The monoisotopic (exact) mass is 175 g/mol. The van der Waals surface area contributed by atoms with Crippen LogP contribution in [0.2, 0.25) is 0 Å². The number of benzene rings is 1. The van der Waals surface area contributed by atoms with Gasteiger partial charge in [0.05, 0.1) is 0 Å². The molecule has 13 heavy (non-hydrogen) atoms. The summed E-state index contributed by atoms with van der Waals surface area (Å²) in [6.45, 7) is 0.527. The highest BCUT2D eigenvalue weighted by molar-refractivity contribution is 5.13. The van der Waals surface area contributed by atoms with Gasteiger partial charge in [-0.1, -0.05) is 30.3 Å². The zero-order chi connectivity index (χ0) is 8.93. The summed E-state index contributed by atoms with van der Waals surface area (Å²) in [7, 11) is 0. The van der Waals surface area contributed by atoms with Gasteiger partial charge < -0.3 is 4.84 Å². The molecule has 4 heteroatoms. The van der Waals surface area contributed by atoms with Gasteiger partial charge in [0.15, 0.2) is 12.7 Å². The maximum atomic E-state index is 5.32. The number of aromatic nitrogens is 3. The summed E-state index contributed by atoms with van der Waals surface area (Å²) in [4.78, 5) is 5.32. The summed E-state index contributed by atoms with van der Waals surface area (Å²) in [5.41, 5.74) is 1.12. The van der Waals surface area contributed by atoms with Crippen LogP contribution < -0.4 is 4.84 Å². The first kappa shape index (κ1) is 7.79. The second-order valence-corrected chi connectivity index (χ2v) is 2.58. The minimum Gasteiger partial charge on any atom is -0.407 e. The highest BCUT2D eigenvalue weighted by Crippen LogP contribution is 1.98. The van der Waals surface area contributed by atoms with Crippen LogP contribution in [0, 0.1) is 0 Å². The highest BCUT2D eigenvalue weighted by atomic mass is 16.7. The molecule has 0 saturated carbocycles. The Balaban J connectivity index is 1.94. The summed E-state index contributed by atoms with van der Waals surface area (Å²) in [5.74, 6) is 0. The van der Waals surface area contributed by atoms with E-state index >= 15 is 0 Å². The van der Waals surface area contributed by atoms with E-state index in [9.17, 15) is 0 Å². The lowest BCUT2D eigenvalue weighted by Crippen LogP contribution is -2.08. The average molecular weight is 175 g/mol. The third kappa shape index (κ3) is 2.05. The summed E-state index contributed by atoms with van der Waals surface area (Å²) >= 11 is 0. The molecule has 0 fully saturated rings. The van der Waals surface area contributed by atoms with Crippen molar-refractivity contribution < 1.29 is 4.84 Å². The molecule has 0 radical (unpaired) electrons. The van der Waals surface area contributed by atoms with E-state index in [1.54, 1.807) is 0 Å². The van der Waals surface area contributed by atoms with Gasteiger partial charge >= 0.3 is 0 Å². The van der Waals surface area contributed by atoms with Gasteiger partial charge in [-0.15, -0.1) is 10.2 Å². The zero-order valence-corrected chi connectivity index (χ0v) is 7.00. The normalized spacial score (nSPS) is 9.85. The lowest BCUT2D eigenvalue weighted by atomic mass is 10.2. The van der Waals surface area contributed by atoms with E-state index in [0.29, 0.717) is 6.61 Å². The van der Waals surface area contributed by atoms with Gasteiger partial charge in [-0.3, -0.25) is 0 Å². The maximum absolute atomic E-state index is 5.32. The summed E-state index contributed by atoms with van der Waals surface area (Å²) in [6, 6.07) is 9.94. The van der Waals surface area contributed by atoms with E-state index in [4.69, 9.17) is 4.84 Å². The fraction of sp³-hybridized carbons (Fsp3) is 0.111. The first-order valence-electron chi connectivity index (χ1n) is 3.97. The van der Waals surface area contributed by atoms with Crippen molar-refractivity contribution in [2.45, 2.75) is 6.61 Å². The number of hydrogen-bond donors (Lipinski definition) is 0. The first-order chi connectivity index (χ1) is 6.45. The molecule has 1 heterocycles. The van der Waals surface area contributed by atoms with Crippen molar-refractivity contribution >= 4 is 0 Å². The van der Waals surface area contributed by atoms with E-state index in [2.05, 4.69) is 10.2 Å². The van der Waals surface area contributed by atoms with Crippen LogP contribution in [0.1, 0.15) is 5.56 Å². The predicted molar refractivity (Wildman–Crippen MR) is 46.7 cm³/mol.